The molecule has 0 aromatic heterocycles. The van der Waals surface area contributed by atoms with Crippen molar-refractivity contribution in [2.24, 2.45) is 11.7 Å². The first kappa shape index (κ1) is 14.7. The maximum Gasteiger partial charge on any atom is 0.337 e. The number of carbonyl (C=O) groups is 2. The predicted molar refractivity (Wildman–Crippen MR) is 77.2 cm³/mol. The molecule has 2 rings (SSSR count). The largest absolute Gasteiger partial charge is 0.478 e. The van der Waals surface area contributed by atoms with Gasteiger partial charge in [-0.05, 0) is 37.0 Å². The summed E-state index contributed by atoms with van der Waals surface area (Å²) in [7, 11) is 0. The highest BCUT2D eigenvalue weighted by Gasteiger charge is 2.23. The van der Waals surface area contributed by atoms with Gasteiger partial charge in [0.15, 0.2) is 0 Å². The van der Waals surface area contributed by atoms with Gasteiger partial charge in [-0.15, -0.1) is 0 Å². The Morgan fingerprint density at radius 2 is 2.00 bits per heavy atom. The molecule has 1 heterocycles. The quantitative estimate of drug-likeness (QED) is 0.891. The second-order valence-electron chi connectivity index (χ2n) is 5.07. The molecule has 0 radical (unpaired) electrons. The first-order valence-corrected chi connectivity index (χ1v) is 6.91. The van der Waals surface area contributed by atoms with Crippen molar-refractivity contribution in [1.29, 1.82) is 0 Å². The molecule has 1 aromatic rings. The summed E-state index contributed by atoms with van der Waals surface area (Å²) in [4.78, 5) is 24.2. The fourth-order valence-electron chi connectivity index (χ4n) is 2.62. The second-order valence-corrected chi connectivity index (χ2v) is 5.50. The number of nitrogens with two attached hydrogens (primary N) is 1. The van der Waals surface area contributed by atoms with Crippen LogP contribution < -0.4 is 10.6 Å². The van der Waals surface area contributed by atoms with Gasteiger partial charge >= 0.3 is 5.97 Å². The Morgan fingerprint density at radius 1 is 1.35 bits per heavy atom. The summed E-state index contributed by atoms with van der Waals surface area (Å²) in [5, 5.41) is 9.66. The first-order chi connectivity index (χ1) is 9.47. The molecule has 0 unspecified atom stereocenters. The zero-order valence-corrected chi connectivity index (χ0v) is 11.8. The highest BCUT2D eigenvalue weighted by molar-refractivity contribution is 6.31. The van der Waals surface area contributed by atoms with E-state index < -0.39 is 5.97 Å². The smallest absolute Gasteiger partial charge is 0.337 e. The molecule has 5 nitrogen and oxygen atoms in total. The molecule has 6 heteroatoms. The van der Waals surface area contributed by atoms with Crippen LogP contribution in [0.3, 0.4) is 0 Å². The van der Waals surface area contributed by atoms with Crippen molar-refractivity contribution in [3.63, 3.8) is 0 Å². The number of amides is 1. The third kappa shape index (κ3) is 3.42. The number of carboxylic acid groups (broad SMARTS) is 1. The first-order valence-electron chi connectivity index (χ1n) is 6.53. The van der Waals surface area contributed by atoms with Crippen LogP contribution in [0.1, 0.15) is 29.6 Å². The number of rotatable bonds is 4. The number of hydrogen-bond donors (Lipinski definition) is 2. The van der Waals surface area contributed by atoms with Gasteiger partial charge in [0, 0.05) is 24.5 Å². The number of anilines is 1. The number of nitrogens with zero attached hydrogens (tertiary/aromatic N) is 1. The van der Waals surface area contributed by atoms with E-state index >= 15 is 0 Å². The number of piperidine rings is 1. The van der Waals surface area contributed by atoms with Crippen molar-refractivity contribution in [3.05, 3.63) is 28.8 Å². The van der Waals surface area contributed by atoms with E-state index in [4.69, 9.17) is 17.3 Å². The number of aromatic carboxylic acids is 1. The lowest BCUT2D eigenvalue weighted by Gasteiger charge is -2.34. The SMILES string of the molecule is NC(=O)CC1CCN(c2ccc(Cl)cc2C(=O)O)CC1. The van der Waals surface area contributed by atoms with Gasteiger partial charge in [-0.3, -0.25) is 4.79 Å². The van der Waals surface area contributed by atoms with E-state index in [0.717, 1.165) is 25.9 Å². The molecule has 0 atom stereocenters. The van der Waals surface area contributed by atoms with E-state index in [1.807, 2.05) is 4.90 Å². The molecule has 20 heavy (non-hydrogen) atoms. The molecule has 1 fully saturated rings. The van der Waals surface area contributed by atoms with Crippen molar-refractivity contribution in [2.45, 2.75) is 19.3 Å². The lowest BCUT2D eigenvalue weighted by Crippen LogP contribution is -2.35. The third-order valence-electron chi connectivity index (χ3n) is 3.63. The van der Waals surface area contributed by atoms with E-state index in [1.54, 1.807) is 12.1 Å². The zero-order valence-electron chi connectivity index (χ0n) is 11.0. The molecule has 1 amide bonds. The third-order valence-corrected chi connectivity index (χ3v) is 3.87. The number of carboxylic acids is 1. The van der Waals surface area contributed by atoms with Crippen molar-refractivity contribution in [1.82, 2.24) is 0 Å². The van der Waals surface area contributed by atoms with Crippen LogP contribution in [0.25, 0.3) is 0 Å². The van der Waals surface area contributed by atoms with E-state index in [2.05, 4.69) is 0 Å². The van der Waals surface area contributed by atoms with Crippen LogP contribution in [0.4, 0.5) is 5.69 Å². The highest BCUT2D eigenvalue weighted by atomic mass is 35.5. The molecule has 0 spiro atoms. The van der Waals surface area contributed by atoms with E-state index in [0.29, 0.717) is 23.0 Å². The second kappa shape index (κ2) is 6.13. The lowest BCUT2D eigenvalue weighted by molar-refractivity contribution is -0.119. The van der Waals surface area contributed by atoms with Crippen LogP contribution in [0, 0.1) is 5.92 Å². The molecule has 3 N–H and O–H groups in total. The molecular formula is C14H17ClN2O3. The molecular weight excluding hydrogens is 280 g/mol. The Balaban J connectivity index is 2.11. The molecule has 1 aromatic carbocycles. The van der Waals surface area contributed by atoms with E-state index in [1.165, 1.54) is 6.07 Å². The van der Waals surface area contributed by atoms with Gasteiger partial charge in [-0.2, -0.15) is 0 Å². The maximum atomic E-state index is 11.3. The number of primary amides is 1. The van der Waals surface area contributed by atoms with Crippen molar-refractivity contribution < 1.29 is 14.7 Å². The van der Waals surface area contributed by atoms with E-state index in [-0.39, 0.29) is 11.5 Å². The summed E-state index contributed by atoms with van der Waals surface area (Å²) >= 11 is 5.85. The number of carbonyl (C=O) groups excluding carboxylic acids is 1. The van der Waals surface area contributed by atoms with Crippen LogP contribution in [0.15, 0.2) is 18.2 Å². The molecule has 108 valence electrons. The Labute approximate surface area is 122 Å². The molecule has 1 aliphatic heterocycles. The zero-order chi connectivity index (χ0) is 14.7. The average molecular weight is 297 g/mol. The fourth-order valence-corrected chi connectivity index (χ4v) is 2.79. The topological polar surface area (TPSA) is 83.6 Å². The molecule has 1 aliphatic rings. The minimum Gasteiger partial charge on any atom is -0.478 e. The Kier molecular flexibility index (Phi) is 4.49. The van der Waals surface area contributed by atoms with Gasteiger partial charge in [-0.25, -0.2) is 4.79 Å². The standard InChI is InChI=1S/C14H17ClN2O3/c15-10-1-2-12(11(8-10)14(19)20)17-5-3-9(4-6-17)7-13(16)18/h1-2,8-9H,3-7H2,(H2,16,18)(H,19,20). The fraction of sp³-hybridized carbons (Fsp3) is 0.429. The minimum atomic E-state index is -0.984. The summed E-state index contributed by atoms with van der Waals surface area (Å²) in [5.74, 6) is -0.966. The van der Waals surface area contributed by atoms with Crippen LogP contribution >= 0.6 is 11.6 Å². The number of benzene rings is 1. The Hall–Kier alpha value is -1.75. The summed E-state index contributed by atoms with van der Waals surface area (Å²) in [6.45, 7) is 1.44. The van der Waals surface area contributed by atoms with Gasteiger partial charge in [-0.1, -0.05) is 11.6 Å². The molecule has 1 saturated heterocycles. The minimum absolute atomic E-state index is 0.214. The summed E-state index contributed by atoms with van der Waals surface area (Å²) in [5.41, 5.74) is 6.10. The van der Waals surface area contributed by atoms with Gasteiger partial charge in [0.2, 0.25) is 5.91 Å². The van der Waals surface area contributed by atoms with Crippen molar-refractivity contribution in [2.75, 3.05) is 18.0 Å². The normalized spacial score (nSPS) is 16.1. The summed E-state index contributed by atoms with van der Waals surface area (Å²) in [6.07, 6.45) is 2.08. The van der Waals surface area contributed by atoms with Gasteiger partial charge in [0.25, 0.3) is 0 Å². The number of hydrogen-bond acceptors (Lipinski definition) is 3. The Morgan fingerprint density at radius 3 is 2.55 bits per heavy atom. The number of halogens is 1. The summed E-state index contributed by atoms with van der Waals surface area (Å²) in [6, 6.07) is 4.90. The van der Waals surface area contributed by atoms with Gasteiger partial charge in [0.1, 0.15) is 0 Å². The van der Waals surface area contributed by atoms with E-state index in [9.17, 15) is 14.7 Å². The van der Waals surface area contributed by atoms with Gasteiger partial charge in [0.05, 0.1) is 11.3 Å². The monoisotopic (exact) mass is 296 g/mol. The lowest BCUT2D eigenvalue weighted by atomic mass is 9.92. The van der Waals surface area contributed by atoms with Crippen LogP contribution in [-0.4, -0.2) is 30.1 Å². The van der Waals surface area contributed by atoms with Crippen LogP contribution in [0.5, 0.6) is 0 Å². The summed E-state index contributed by atoms with van der Waals surface area (Å²) < 4.78 is 0. The molecule has 0 bridgehead atoms. The van der Waals surface area contributed by atoms with Crippen molar-refractivity contribution in [3.8, 4) is 0 Å². The van der Waals surface area contributed by atoms with Crippen LogP contribution in [0.2, 0.25) is 5.02 Å². The van der Waals surface area contributed by atoms with Gasteiger partial charge < -0.3 is 15.7 Å². The molecule has 0 aliphatic carbocycles. The predicted octanol–water partition coefficient (Wildman–Crippen LogP) is 2.13. The maximum absolute atomic E-state index is 11.3. The Bertz CT molecular complexity index is 525. The van der Waals surface area contributed by atoms with Crippen molar-refractivity contribution >= 4 is 29.2 Å². The highest BCUT2D eigenvalue weighted by Crippen LogP contribution is 2.29. The van der Waals surface area contributed by atoms with Crippen LogP contribution in [-0.2, 0) is 4.79 Å². The average Bonchev–Trinajstić information content (AvgIpc) is 2.39. The molecule has 0 saturated carbocycles.